The van der Waals surface area contributed by atoms with Crippen LogP contribution < -0.4 is 10.1 Å². The first kappa shape index (κ1) is 17.3. The highest BCUT2D eigenvalue weighted by Crippen LogP contribution is 2.29. The van der Waals surface area contributed by atoms with E-state index in [0.717, 1.165) is 5.56 Å². The number of para-hydroxylation sites is 2. The Balaban J connectivity index is 1.73. The molecular weight excluding hydrogens is 320 g/mol. The van der Waals surface area contributed by atoms with Crippen LogP contribution in [0.3, 0.4) is 0 Å². The van der Waals surface area contributed by atoms with Gasteiger partial charge in [0.25, 0.3) is 0 Å². The molecule has 3 rings (SSSR count). The molecule has 2 amide bonds. The Kier molecular flexibility index (Phi) is 5.53. The second-order valence-corrected chi connectivity index (χ2v) is 6.02. The zero-order valence-electron chi connectivity index (χ0n) is 14.1. The van der Waals surface area contributed by atoms with E-state index in [0.29, 0.717) is 30.3 Å². The number of amides is 2. The smallest absolute Gasteiger partial charge is 0.322 e. The molecule has 0 aromatic heterocycles. The molecule has 0 aliphatic carbocycles. The van der Waals surface area contributed by atoms with Crippen LogP contribution in [0.5, 0.6) is 11.5 Å². The van der Waals surface area contributed by atoms with Gasteiger partial charge in [-0.15, -0.1) is 0 Å². The highest BCUT2D eigenvalue weighted by Gasteiger charge is 2.21. The lowest BCUT2D eigenvalue weighted by atomic mass is 10.2. The minimum absolute atomic E-state index is 0.243. The van der Waals surface area contributed by atoms with Crippen molar-refractivity contribution >= 4 is 11.7 Å². The first-order valence-corrected chi connectivity index (χ1v) is 8.27. The molecule has 1 saturated heterocycles. The summed E-state index contributed by atoms with van der Waals surface area (Å²) >= 11 is 0. The molecular formula is C19H22N2O4. The number of nitrogens with zero attached hydrogens (tertiary/aromatic N) is 1. The molecule has 1 aliphatic rings. The molecule has 1 aliphatic heterocycles. The molecule has 2 aromatic rings. The van der Waals surface area contributed by atoms with Crippen molar-refractivity contribution < 1.29 is 19.4 Å². The maximum atomic E-state index is 12.5. The van der Waals surface area contributed by atoms with Crippen molar-refractivity contribution in [1.29, 1.82) is 0 Å². The predicted octanol–water partition coefficient (Wildman–Crippen LogP) is 3.01. The van der Waals surface area contributed by atoms with Crippen LogP contribution in [0.25, 0.3) is 0 Å². The predicted molar refractivity (Wildman–Crippen MR) is 95.1 cm³/mol. The Morgan fingerprint density at radius 3 is 2.96 bits per heavy atom. The van der Waals surface area contributed by atoms with Gasteiger partial charge in [0.15, 0.2) is 5.75 Å². The number of anilines is 1. The quantitative estimate of drug-likeness (QED) is 0.899. The van der Waals surface area contributed by atoms with E-state index in [1.165, 1.54) is 0 Å². The molecule has 6 heteroatoms. The van der Waals surface area contributed by atoms with Crippen LogP contribution in [0.4, 0.5) is 10.5 Å². The van der Waals surface area contributed by atoms with Crippen molar-refractivity contribution in [3.05, 3.63) is 54.1 Å². The normalized spacial score (nSPS) is 17.7. The van der Waals surface area contributed by atoms with E-state index >= 15 is 0 Å². The fourth-order valence-corrected chi connectivity index (χ4v) is 2.64. The number of ether oxygens (including phenoxy) is 2. The van der Waals surface area contributed by atoms with Crippen molar-refractivity contribution in [3.63, 3.8) is 0 Å². The van der Waals surface area contributed by atoms with E-state index < -0.39 is 6.10 Å². The highest BCUT2D eigenvalue weighted by molar-refractivity contribution is 5.91. The standard InChI is InChI=1S/C19H22N2O4/c1-14-5-4-6-16(11-14)25-18-8-3-2-7-17(18)20-19(23)21-9-10-24-13-15(22)12-21/h2-8,11,15,22H,9-10,12-13H2,1H3,(H,20,23)/t15-/m1/s1. The Labute approximate surface area is 147 Å². The summed E-state index contributed by atoms with van der Waals surface area (Å²) in [5, 5.41) is 12.6. The number of rotatable bonds is 3. The Bertz CT molecular complexity index is 735. The summed E-state index contributed by atoms with van der Waals surface area (Å²) in [4.78, 5) is 14.1. The summed E-state index contributed by atoms with van der Waals surface area (Å²) in [6.07, 6.45) is -0.674. The summed E-state index contributed by atoms with van der Waals surface area (Å²) in [7, 11) is 0. The lowest BCUT2D eigenvalue weighted by molar-refractivity contribution is 0.0575. The molecule has 1 heterocycles. The molecule has 0 spiro atoms. The summed E-state index contributed by atoms with van der Waals surface area (Å²) < 4.78 is 11.2. The van der Waals surface area contributed by atoms with Crippen molar-refractivity contribution in [2.45, 2.75) is 13.0 Å². The number of carbonyl (C=O) groups excluding carboxylic acids is 1. The minimum atomic E-state index is -0.674. The maximum absolute atomic E-state index is 12.5. The molecule has 2 N–H and O–H groups in total. The van der Waals surface area contributed by atoms with Crippen LogP contribution in [0.1, 0.15) is 5.56 Å². The number of benzene rings is 2. The zero-order valence-corrected chi connectivity index (χ0v) is 14.1. The third kappa shape index (κ3) is 4.71. The molecule has 132 valence electrons. The van der Waals surface area contributed by atoms with Gasteiger partial charge in [0.2, 0.25) is 0 Å². The van der Waals surface area contributed by atoms with Gasteiger partial charge in [-0.3, -0.25) is 0 Å². The Morgan fingerprint density at radius 2 is 2.12 bits per heavy atom. The van der Waals surface area contributed by atoms with Gasteiger partial charge in [-0.1, -0.05) is 24.3 Å². The average molecular weight is 342 g/mol. The van der Waals surface area contributed by atoms with E-state index in [1.54, 1.807) is 17.0 Å². The summed E-state index contributed by atoms with van der Waals surface area (Å²) in [5.74, 6) is 1.27. The van der Waals surface area contributed by atoms with Crippen molar-refractivity contribution in [2.24, 2.45) is 0 Å². The first-order chi connectivity index (χ1) is 12.1. The second-order valence-electron chi connectivity index (χ2n) is 6.02. The molecule has 0 bridgehead atoms. The number of hydrogen-bond acceptors (Lipinski definition) is 4. The van der Waals surface area contributed by atoms with E-state index in [4.69, 9.17) is 9.47 Å². The molecule has 0 saturated carbocycles. The topological polar surface area (TPSA) is 71.0 Å². The third-order valence-electron chi connectivity index (χ3n) is 3.88. The lowest BCUT2D eigenvalue weighted by Crippen LogP contribution is -2.40. The van der Waals surface area contributed by atoms with Crippen LogP contribution in [0, 0.1) is 6.92 Å². The van der Waals surface area contributed by atoms with Gasteiger partial charge in [0.05, 0.1) is 31.5 Å². The van der Waals surface area contributed by atoms with Crippen LogP contribution >= 0.6 is 0 Å². The third-order valence-corrected chi connectivity index (χ3v) is 3.88. The second kappa shape index (κ2) is 8.00. The summed E-state index contributed by atoms with van der Waals surface area (Å²) in [5.41, 5.74) is 1.67. The van der Waals surface area contributed by atoms with Crippen molar-refractivity contribution in [3.8, 4) is 11.5 Å². The SMILES string of the molecule is Cc1cccc(Oc2ccccc2NC(=O)N2CCOC[C@H](O)C2)c1. The zero-order chi connectivity index (χ0) is 17.6. The van der Waals surface area contributed by atoms with Gasteiger partial charge >= 0.3 is 6.03 Å². The maximum Gasteiger partial charge on any atom is 0.322 e. The van der Waals surface area contributed by atoms with Crippen molar-refractivity contribution in [1.82, 2.24) is 4.90 Å². The monoisotopic (exact) mass is 342 g/mol. The summed E-state index contributed by atoms with van der Waals surface area (Å²) in [6, 6.07) is 14.7. The number of hydrogen-bond donors (Lipinski definition) is 2. The van der Waals surface area contributed by atoms with E-state index in [1.807, 2.05) is 43.3 Å². The van der Waals surface area contributed by atoms with Crippen LogP contribution in [0.15, 0.2) is 48.5 Å². The first-order valence-electron chi connectivity index (χ1n) is 8.27. The number of carbonyl (C=O) groups is 1. The van der Waals surface area contributed by atoms with Gasteiger partial charge in [0.1, 0.15) is 5.75 Å². The van der Waals surface area contributed by atoms with E-state index in [-0.39, 0.29) is 19.2 Å². The van der Waals surface area contributed by atoms with E-state index in [2.05, 4.69) is 5.32 Å². The number of β-amino-alcohol motifs (C(OH)–C–C–N with tert-alkyl or cyclic N) is 1. The molecule has 0 radical (unpaired) electrons. The fraction of sp³-hybridized carbons (Fsp3) is 0.316. The molecule has 1 fully saturated rings. The Hall–Kier alpha value is -2.57. The number of aliphatic hydroxyl groups is 1. The van der Waals surface area contributed by atoms with E-state index in [9.17, 15) is 9.90 Å². The van der Waals surface area contributed by atoms with Crippen LogP contribution in [-0.4, -0.2) is 48.4 Å². The number of aryl methyl sites for hydroxylation is 1. The largest absolute Gasteiger partial charge is 0.455 e. The van der Waals surface area contributed by atoms with Gasteiger partial charge in [0, 0.05) is 6.54 Å². The molecule has 25 heavy (non-hydrogen) atoms. The van der Waals surface area contributed by atoms with Gasteiger partial charge in [-0.2, -0.15) is 0 Å². The minimum Gasteiger partial charge on any atom is -0.455 e. The molecule has 0 unspecified atom stereocenters. The van der Waals surface area contributed by atoms with Gasteiger partial charge < -0.3 is 24.8 Å². The molecule has 1 atom stereocenters. The molecule has 6 nitrogen and oxygen atoms in total. The number of aliphatic hydroxyl groups excluding tert-OH is 1. The number of nitrogens with one attached hydrogen (secondary N) is 1. The number of urea groups is 1. The summed E-state index contributed by atoms with van der Waals surface area (Å²) in [6.45, 7) is 3.33. The highest BCUT2D eigenvalue weighted by atomic mass is 16.5. The van der Waals surface area contributed by atoms with Crippen molar-refractivity contribution in [2.75, 3.05) is 31.6 Å². The average Bonchev–Trinajstić information content (AvgIpc) is 2.81. The van der Waals surface area contributed by atoms with Crippen LogP contribution in [0.2, 0.25) is 0 Å². The fourth-order valence-electron chi connectivity index (χ4n) is 2.64. The van der Waals surface area contributed by atoms with Crippen LogP contribution in [-0.2, 0) is 4.74 Å². The van der Waals surface area contributed by atoms with Gasteiger partial charge in [-0.25, -0.2) is 4.79 Å². The molecule has 2 aromatic carbocycles. The van der Waals surface area contributed by atoms with Gasteiger partial charge in [-0.05, 0) is 36.8 Å². The Morgan fingerprint density at radius 1 is 1.28 bits per heavy atom. The lowest BCUT2D eigenvalue weighted by Gasteiger charge is -2.22.